The van der Waals surface area contributed by atoms with E-state index >= 15 is 0 Å². The highest BCUT2D eigenvalue weighted by Crippen LogP contribution is 2.52. The fourth-order valence-corrected chi connectivity index (χ4v) is 6.17. The summed E-state index contributed by atoms with van der Waals surface area (Å²) >= 11 is 12.6. The number of carbonyl (C=O) groups is 3. The van der Waals surface area contributed by atoms with Crippen LogP contribution in [0.2, 0.25) is 10.0 Å². The molecule has 2 aliphatic rings. The van der Waals surface area contributed by atoms with E-state index in [1.807, 2.05) is 59.2 Å². The molecule has 0 bridgehead atoms. The van der Waals surface area contributed by atoms with Crippen LogP contribution in [0.15, 0.2) is 48.5 Å². The number of amides is 2. The molecule has 0 spiro atoms. The lowest BCUT2D eigenvalue weighted by Crippen LogP contribution is -2.58. The van der Waals surface area contributed by atoms with Gasteiger partial charge in [-0.3, -0.25) is 14.4 Å². The van der Waals surface area contributed by atoms with Crippen molar-refractivity contribution in [1.82, 2.24) is 9.80 Å². The molecule has 0 radical (unpaired) electrons. The smallest absolute Gasteiger partial charge is 0.304 e. The third-order valence-corrected chi connectivity index (χ3v) is 8.28. The maximum atomic E-state index is 14.3. The zero-order valence-electron chi connectivity index (χ0n) is 21.5. The normalized spacial score (nSPS) is 24.6. The molecular weight excluding hydrogens is 511 g/mol. The molecule has 1 N–H and O–H groups in total. The number of halogens is 2. The topological polar surface area (TPSA) is 77.9 Å². The van der Waals surface area contributed by atoms with E-state index in [1.165, 1.54) is 0 Å². The van der Waals surface area contributed by atoms with Gasteiger partial charge in [0.1, 0.15) is 0 Å². The fourth-order valence-electron chi connectivity index (χ4n) is 5.84. The van der Waals surface area contributed by atoms with Crippen molar-refractivity contribution in [3.05, 3.63) is 69.7 Å². The van der Waals surface area contributed by atoms with Crippen LogP contribution in [0.5, 0.6) is 0 Å². The number of piperidine rings is 1. The van der Waals surface area contributed by atoms with Crippen LogP contribution in [-0.4, -0.2) is 51.3 Å². The van der Waals surface area contributed by atoms with E-state index in [2.05, 4.69) is 0 Å². The van der Waals surface area contributed by atoms with E-state index in [1.54, 1.807) is 19.9 Å². The lowest BCUT2D eigenvalue weighted by Gasteiger charge is -2.52. The van der Waals surface area contributed by atoms with Gasteiger partial charge in [-0.15, -0.1) is 0 Å². The number of nitrogens with zero attached hydrogens (tertiary/aromatic N) is 2. The molecule has 0 unspecified atom stereocenters. The predicted molar refractivity (Wildman–Crippen MR) is 145 cm³/mol. The lowest BCUT2D eigenvalue weighted by atomic mass is 9.67. The summed E-state index contributed by atoms with van der Waals surface area (Å²) in [5, 5.41) is 11.0. The lowest BCUT2D eigenvalue weighted by molar-refractivity contribution is -0.161. The molecule has 1 saturated carbocycles. The first kappa shape index (κ1) is 27.5. The zero-order chi connectivity index (χ0) is 26.9. The van der Waals surface area contributed by atoms with Gasteiger partial charge in [0.2, 0.25) is 11.8 Å². The van der Waals surface area contributed by atoms with Gasteiger partial charge in [-0.1, -0.05) is 61.3 Å². The van der Waals surface area contributed by atoms with Crippen molar-refractivity contribution in [3.63, 3.8) is 0 Å². The van der Waals surface area contributed by atoms with Crippen LogP contribution in [0.1, 0.15) is 76.0 Å². The summed E-state index contributed by atoms with van der Waals surface area (Å²) in [6.45, 7) is 5.75. The maximum Gasteiger partial charge on any atom is 0.304 e. The molecular formula is C29H34Cl2N2O4. The quantitative estimate of drug-likeness (QED) is 0.400. The highest BCUT2D eigenvalue weighted by atomic mass is 35.5. The number of carboxylic acid groups (broad SMARTS) is 1. The molecule has 0 aromatic heterocycles. The first-order valence-electron chi connectivity index (χ1n) is 12.9. The largest absolute Gasteiger partial charge is 0.481 e. The van der Waals surface area contributed by atoms with Crippen LogP contribution in [0.3, 0.4) is 0 Å². The molecule has 2 fully saturated rings. The first-order chi connectivity index (χ1) is 17.5. The van der Waals surface area contributed by atoms with Crippen LogP contribution in [0, 0.1) is 5.41 Å². The number of aliphatic carboxylic acids is 1. The molecule has 37 heavy (non-hydrogen) atoms. The summed E-state index contributed by atoms with van der Waals surface area (Å²) in [6, 6.07) is 14.6. The van der Waals surface area contributed by atoms with Crippen molar-refractivity contribution >= 4 is 41.0 Å². The number of carbonyl (C=O) groups excluding carboxylic acids is 2. The Morgan fingerprint density at radius 2 is 1.78 bits per heavy atom. The monoisotopic (exact) mass is 544 g/mol. The summed E-state index contributed by atoms with van der Waals surface area (Å²) in [5.41, 5.74) is 0.747. The fraction of sp³-hybridized carbons (Fsp3) is 0.483. The summed E-state index contributed by atoms with van der Waals surface area (Å²) in [5.74, 6) is -1.42. The number of hydrogen-bond acceptors (Lipinski definition) is 3. The Bertz CT molecular complexity index is 1170. The molecule has 2 aromatic carbocycles. The van der Waals surface area contributed by atoms with Gasteiger partial charge in [-0.05, 0) is 61.1 Å². The van der Waals surface area contributed by atoms with Gasteiger partial charge in [0, 0.05) is 41.5 Å². The predicted octanol–water partition coefficient (Wildman–Crippen LogP) is 6.32. The Balaban J connectivity index is 1.87. The Morgan fingerprint density at radius 3 is 2.32 bits per heavy atom. The van der Waals surface area contributed by atoms with Crippen molar-refractivity contribution in [3.8, 4) is 0 Å². The van der Waals surface area contributed by atoms with Crippen LogP contribution in [0.25, 0.3) is 0 Å². The molecule has 1 saturated heterocycles. The standard InChI is InChI=1S/C29H34Cl2N2O4/c1-4-23(17-32(18(2)34)24-12-13-24)33-27(19-8-10-21(30)11-9-19)25(20-6-5-7-22(31)14-20)15-29(3,28(33)37)16-26(35)36/h5-11,14,23-25,27H,4,12-13,15-17H2,1-3H3,(H,35,36)/t23-,25+,27+,29-/m0/s1. The summed E-state index contributed by atoms with van der Waals surface area (Å²) < 4.78 is 0. The molecule has 6 nitrogen and oxygen atoms in total. The molecule has 1 aliphatic carbocycles. The second kappa shape index (κ2) is 11.0. The SMILES string of the molecule is CC[C@@H](CN(C(C)=O)C1CC1)N1C(=O)[C@](C)(CC(=O)O)C[C@H](c2cccc(Cl)c2)[C@H]1c1ccc(Cl)cc1. The van der Waals surface area contributed by atoms with E-state index in [-0.39, 0.29) is 42.3 Å². The van der Waals surface area contributed by atoms with Gasteiger partial charge in [0.05, 0.1) is 17.9 Å². The van der Waals surface area contributed by atoms with Gasteiger partial charge < -0.3 is 14.9 Å². The van der Waals surface area contributed by atoms with Crippen LogP contribution < -0.4 is 0 Å². The second-order valence-corrected chi connectivity index (χ2v) is 11.5. The van der Waals surface area contributed by atoms with E-state index in [0.29, 0.717) is 29.4 Å². The second-order valence-electron chi connectivity index (χ2n) is 10.7. The van der Waals surface area contributed by atoms with Crippen molar-refractivity contribution in [1.29, 1.82) is 0 Å². The van der Waals surface area contributed by atoms with Crippen molar-refractivity contribution in [2.24, 2.45) is 5.41 Å². The van der Waals surface area contributed by atoms with E-state index in [9.17, 15) is 19.5 Å². The summed E-state index contributed by atoms with van der Waals surface area (Å²) in [6.07, 6.45) is 2.64. The van der Waals surface area contributed by atoms with Crippen LogP contribution in [-0.2, 0) is 14.4 Å². The van der Waals surface area contributed by atoms with Gasteiger partial charge in [-0.25, -0.2) is 0 Å². The van der Waals surface area contributed by atoms with Gasteiger partial charge in [0.25, 0.3) is 0 Å². The minimum absolute atomic E-state index is 0.00635. The van der Waals surface area contributed by atoms with E-state index < -0.39 is 11.4 Å². The Morgan fingerprint density at radius 1 is 1.11 bits per heavy atom. The number of hydrogen-bond donors (Lipinski definition) is 1. The molecule has 8 heteroatoms. The highest BCUT2D eigenvalue weighted by molar-refractivity contribution is 6.30. The van der Waals surface area contributed by atoms with Gasteiger partial charge in [0.15, 0.2) is 0 Å². The van der Waals surface area contributed by atoms with Gasteiger partial charge in [-0.2, -0.15) is 0 Å². The first-order valence-corrected chi connectivity index (χ1v) is 13.6. The average molecular weight is 546 g/mol. The van der Waals surface area contributed by atoms with Crippen LogP contribution >= 0.6 is 23.2 Å². The summed E-state index contributed by atoms with van der Waals surface area (Å²) in [4.78, 5) is 42.6. The molecule has 2 amide bonds. The zero-order valence-corrected chi connectivity index (χ0v) is 23.0. The Labute approximate surface area is 228 Å². The average Bonchev–Trinajstić information content (AvgIpc) is 3.67. The molecule has 4 atom stereocenters. The van der Waals surface area contributed by atoms with Crippen LogP contribution in [0.4, 0.5) is 0 Å². The van der Waals surface area contributed by atoms with Crippen molar-refractivity contribution in [2.45, 2.75) is 76.9 Å². The van der Waals surface area contributed by atoms with E-state index in [0.717, 1.165) is 24.0 Å². The minimum atomic E-state index is -1.12. The number of carboxylic acids is 1. The Hall–Kier alpha value is -2.57. The molecule has 198 valence electrons. The summed E-state index contributed by atoms with van der Waals surface area (Å²) in [7, 11) is 0. The third-order valence-electron chi connectivity index (χ3n) is 7.80. The van der Waals surface area contributed by atoms with Crippen molar-refractivity contribution in [2.75, 3.05) is 6.54 Å². The van der Waals surface area contributed by atoms with Crippen molar-refractivity contribution < 1.29 is 19.5 Å². The molecule has 4 rings (SSSR count). The maximum absolute atomic E-state index is 14.3. The number of benzene rings is 2. The molecule has 1 heterocycles. The van der Waals surface area contributed by atoms with E-state index in [4.69, 9.17) is 23.2 Å². The van der Waals surface area contributed by atoms with Gasteiger partial charge >= 0.3 is 5.97 Å². The molecule has 1 aliphatic heterocycles. The Kier molecular flexibility index (Phi) is 8.20. The number of likely N-dealkylation sites (tertiary alicyclic amines) is 1. The third kappa shape index (κ3) is 5.96. The highest BCUT2D eigenvalue weighted by Gasteiger charge is 2.52. The molecule has 2 aromatic rings. The minimum Gasteiger partial charge on any atom is -0.481 e. The number of rotatable bonds is 9.